The van der Waals surface area contributed by atoms with Crippen molar-refractivity contribution < 1.29 is 4.79 Å². The maximum Gasteiger partial charge on any atom is 0.286 e. The van der Waals surface area contributed by atoms with Crippen LogP contribution in [0, 0.1) is 0 Å². The third-order valence-corrected chi connectivity index (χ3v) is 0.786. The first-order valence-corrected chi connectivity index (χ1v) is 2.37. The van der Waals surface area contributed by atoms with E-state index in [1.165, 1.54) is 12.4 Å². The highest BCUT2D eigenvalue weighted by atomic mass is 79.9. The Morgan fingerprint density at radius 1 is 1.17 bits per heavy atom. The molecule has 0 radical (unpaired) electrons. The van der Waals surface area contributed by atoms with E-state index in [0.29, 0.717) is 0 Å². The van der Waals surface area contributed by atoms with Crippen LogP contribution in [0.25, 0.3) is 0 Å². The van der Waals surface area contributed by atoms with Crippen molar-refractivity contribution >= 4 is 56.9 Å². The van der Waals surface area contributed by atoms with Gasteiger partial charge < -0.3 is 5.73 Å². The summed E-state index contributed by atoms with van der Waals surface area (Å²) in [5.74, 6) is -0.548. The van der Waals surface area contributed by atoms with Crippen LogP contribution in [0.3, 0.4) is 0 Å². The Morgan fingerprint density at radius 2 is 1.58 bits per heavy atom. The number of amides is 1. The van der Waals surface area contributed by atoms with Crippen molar-refractivity contribution in [3.63, 3.8) is 0 Å². The Kier molecular flexibility index (Phi) is 13.6. The Bertz CT molecular complexity index is 218. The number of carbonyl (C=O) groups is 1. The van der Waals surface area contributed by atoms with E-state index in [4.69, 9.17) is 5.73 Å². The third kappa shape index (κ3) is 5.62. The van der Waals surface area contributed by atoms with Crippen molar-refractivity contribution in [2.24, 2.45) is 5.73 Å². The second-order valence-corrected chi connectivity index (χ2v) is 1.44. The molecule has 1 heterocycles. The zero-order chi connectivity index (χ0) is 6.69. The summed E-state index contributed by atoms with van der Waals surface area (Å²) in [6.45, 7) is 0. The van der Waals surface area contributed by atoms with E-state index in [1.807, 2.05) is 0 Å². The summed E-state index contributed by atoms with van der Waals surface area (Å²) >= 11 is 0. The molecule has 0 aliphatic rings. The summed E-state index contributed by atoms with van der Waals surface area (Å²) in [5.41, 5.74) is 4.85. The van der Waals surface area contributed by atoms with E-state index in [9.17, 15) is 4.79 Å². The molecule has 1 aromatic rings. The van der Waals surface area contributed by atoms with Crippen LogP contribution in [0.1, 0.15) is 10.6 Å². The molecule has 0 aliphatic carbocycles. The third-order valence-electron chi connectivity index (χ3n) is 0.786. The molecule has 4 nitrogen and oxygen atoms in total. The van der Waals surface area contributed by atoms with Crippen LogP contribution in [0.15, 0.2) is 18.5 Å². The molecule has 0 aliphatic heterocycles. The van der Waals surface area contributed by atoms with E-state index in [0.717, 1.165) is 0 Å². The zero-order valence-corrected chi connectivity index (χ0v) is 11.0. The normalized spacial score (nSPS) is 6.67. The van der Waals surface area contributed by atoms with Gasteiger partial charge >= 0.3 is 0 Å². The highest BCUT2D eigenvalue weighted by Gasteiger charge is 1.98. The lowest BCUT2D eigenvalue weighted by Gasteiger charge is -1.87. The van der Waals surface area contributed by atoms with Gasteiger partial charge in [0.25, 0.3) is 5.91 Å². The number of carbonyl (C=O) groups excluding carboxylic acids is 1. The molecule has 0 unspecified atom stereocenters. The largest absolute Gasteiger partial charge is 0.363 e. The van der Waals surface area contributed by atoms with Crippen molar-refractivity contribution in [1.82, 2.24) is 9.97 Å². The number of rotatable bonds is 1. The lowest BCUT2D eigenvalue weighted by atomic mass is 10.5. The van der Waals surface area contributed by atoms with Gasteiger partial charge in [0.05, 0.1) is 0 Å². The Balaban J connectivity index is -0.000000270. The molecule has 7 heteroatoms. The fourth-order valence-electron chi connectivity index (χ4n) is 0.426. The highest BCUT2D eigenvalue weighted by molar-refractivity contribution is 8.93. The van der Waals surface area contributed by atoms with Crippen molar-refractivity contribution in [2.75, 3.05) is 0 Å². The zero-order valence-electron chi connectivity index (χ0n) is 5.84. The Morgan fingerprint density at radius 3 is 1.83 bits per heavy atom. The second kappa shape index (κ2) is 9.08. The standard InChI is InChI=1S/C5H5N3O.3BrH/c6-4(9)5-7-2-1-3-8-5;;;/h1-3H,(H2,6,9);3*1H. The molecular formula is C5H8Br3N3O. The Labute approximate surface area is 101 Å². The molecule has 0 saturated heterocycles. The fourth-order valence-corrected chi connectivity index (χ4v) is 0.426. The molecule has 1 aromatic heterocycles. The number of hydrogen-bond donors (Lipinski definition) is 1. The monoisotopic (exact) mass is 363 g/mol. The average molecular weight is 366 g/mol. The van der Waals surface area contributed by atoms with Gasteiger partial charge in [-0.05, 0) is 6.07 Å². The van der Waals surface area contributed by atoms with Gasteiger partial charge in [0.2, 0.25) is 5.82 Å². The molecular weight excluding hydrogens is 358 g/mol. The van der Waals surface area contributed by atoms with Crippen molar-refractivity contribution in [3.05, 3.63) is 24.3 Å². The first-order chi connectivity index (χ1) is 4.30. The summed E-state index contributed by atoms with van der Waals surface area (Å²) in [4.78, 5) is 17.5. The van der Waals surface area contributed by atoms with Crippen LogP contribution in [0.4, 0.5) is 0 Å². The quantitative estimate of drug-likeness (QED) is 0.815. The van der Waals surface area contributed by atoms with Gasteiger partial charge in [-0.15, -0.1) is 50.9 Å². The predicted octanol–water partition coefficient (Wildman–Crippen LogP) is 1.31. The lowest BCUT2D eigenvalue weighted by molar-refractivity contribution is 0.0990. The van der Waals surface area contributed by atoms with E-state index in [1.54, 1.807) is 6.07 Å². The SMILES string of the molecule is Br.Br.Br.NC(=O)c1ncccn1. The highest BCUT2D eigenvalue weighted by Crippen LogP contribution is 1.82. The molecule has 0 aromatic carbocycles. The van der Waals surface area contributed by atoms with E-state index in [-0.39, 0.29) is 56.8 Å². The van der Waals surface area contributed by atoms with Crippen LogP contribution < -0.4 is 5.73 Å². The van der Waals surface area contributed by atoms with E-state index >= 15 is 0 Å². The van der Waals surface area contributed by atoms with E-state index in [2.05, 4.69) is 9.97 Å². The van der Waals surface area contributed by atoms with Crippen molar-refractivity contribution in [1.29, 1.82) is 0 Å². The average Bonchev–Trinajstić information content (AvgIpc) is 1.90. The van der Waals surface area contributed by atoms with Gasteiger partial charge in [0.15, 0.2) is 0 Å². The van der Waals surface area contributed by atoms with Crippen LogP contribution in [-0.4, -0.2) is 15.9 Å². The Hall–Kier alpha value is -0.0100. The topological polar surface area (TPSA) is 68.9 Å². The molecule has 0 spiro atoms. The number of nitrogens with two attached hydrogens (primary N) is 1. The van der Waals surface area contributed by atoms with Crippen LogP contribution in [0.5, 0.6) is 0 Å². The number of hydrogen-bond acceptors (Lipinski definition) is 3. The maximum atomic E-state index is 10.3. The van der Waals surface area contributed by atoms with Gasteiger partial charge in [0, 0.05) is 12.4 Å². The lowest BCUT2D eigenvalue weighted by Crippen LogP contribution is -2.14. The minimum Gasteiger partial charge on any atom is -0.363 e. The number of primary amides is 1. The maximum absolute atomic E-state index is 10.3. The van der Waals surface area contributed by atoms with Crippen LogP contribution in [0.2, 0.25) is 0 Å². The summed E-state index contributed by atoms with van der Waals surface area (Å²) in [5, 5.41) is 0. The molecule has 2 N–H and O–H groups in total. The summed E-state index contributed by atoms with van der Waals surface area (Å²) in [6, 6.07) is 1.62. The molecule has 0 bridgehead atoms. The van der Waals surface area contributed by atoms with Gasteiger partial charge in [-0.25, -0.2) is 9.97 Å². The molecule has 12 heavy (non-hydrogen) atoms. The number of halogens is 3. The molecule has 1 amide bonds. The van der Waals surface area contributed by atoms with Crippen molar-refractivity contribution in [2.45, 2.75) is 0 Å². The minimum absolute atomic E-state index is 0. The van der Waals surface area contributed by atoms with Crippen LogP contribution >= 0.6 is 50.9 Å². The van der Waals surface area contributed by atoms with Gasteiger partial charge in [0.1, 0.15) is 0 Å². The fraction of sp³-hybridized carbons (Fsp3) is 0. The summed E-state index contributed by atoms with van der Waals surface area (Å²) in [6.07, 6.45) is 2.93. The molecule has 1 rings (SSSR count). The number of nitrogens with zero attached hydrogens (tertiary/aromatic N) is 2. The first-order valence-electron chi connectivity index (χ1n) is 2.37. The second-order valence-electron chi connectivity index (χ2n) is 1.44. The van der Waals surface area contributed by atoms with Crippen LogP contribution in [-0.2, 0) is 0 Å². The predicted molar refractivity (Wildman–Crippen MR) is 61.5 cm³/mol. The van der Waals surface area contributed by atoms with Gasteiger partial charge in [-0.1, -0.05) is 0 Å². The van der Waals surface area contributed by atoms with Gasteiger partial charge in [-0.2, -0.15) is 0 Å². The smallest absolute Gasteiger partial charge is 0.286 e. The van der Waals surface area contributed by atoms with E-state index < -0.39 is 5.91 Å². The number of aromatic nitrogens is 2. The first kappa shape index (κ1) is 17.9. The summed E-state index contributed by atoms with van der Waals surface area (Å²) < 4.78 is 0. The minimum atomic E-state index is -0.601. The molecule has 0 fully saturated rings. The molecule has 0 atom stereocenters. The van der Waals surface area contributed by atoms with Gasteiger partial charge in [-0.3, -0.25) is 4.79 Å². The molecule has 70 valence electrons. The molecule has 0 saturated carbocycles. The summed E-state index contributed by atoms with van der Waals surface area (Å²) in [7, 11) is 0. The van der Waals surface area contributed by atoms with Crippen molar-refractivity contribution in [3.8, 4) is 0 Å².